The highest BCUT2D eigenvalue weighted by atomic mass is 32.2. The molecule has 20 heavy (non-hydrogen) atoms. The Morgan fingerprint density at radius 2 is 2.05 bits per heavy atom. The molecule has 110 valence electrons. The molecule has 0 heterocycles. The zero-order chi connectivity index (χ0) is 15.4. The van der Waals surface area contributed by atoms with Gasteiger partial charge in [0.25, 0.3) is 0 Å². The molecule has 0 amide bonds. The molecule has 0 aliphatic rings. The molecule has 0 fully saturated rings. The maximum absolute atomic E-state index is 12.4. The molecular weight excluding hydrogens is 313 g/mol. The number of aryl methyl sites for hydroxylation is 1. The van der Waals surface area contributed by atoms with Crippen molar-refractivity contribution in [1.29, 1.82) is 0 Å². The van der Waals surface area contributed by atoms with Gasteiger partial charge < -0.3 is 4.18 Å². The van der Waals surface area contributed by atoms with Crippen molar-refractivity contribution in [2.45, 2.75) is 23.2 Å². The van der Waals surface area contributed by atoms with Crippen LogP contribution >= 0.6 is 11.8 Å². The third-order valence-corrected chi connectivity index (χ3v) is 4.01. The van der Waals surface area contributed by atoms with Crippen LogP contribution in [0.1, 0.15) is 12.0 Å². The zero-order valence-corrected chi connectivity index (χ0v) is 12.0. The fraction of sp³-hybridized carbons (Fsp3) is 0.333. The number of terminal acetylenes is 1. The summed E-state index contributed by atoms with van der Waals surface area (Å²) >= 11 is 1.09. The first kappa shape index (κ1) is 16.7. The molecule has 0 saturated heterocycles. The maximum Gasteiger partial charge on any atom is 0.534 e. The van der Waals surface area contributed by atoms with Gasteiger partial charge in [-0.2, -0.15) is 21.6 Å². The lowest BCUT2D eigenvalue weighted by molar-refractivity contribution is -0.0501. The van der Waals surface area contributed by atoms with E-state index in [0.717, 1.165) is 11.8 Å². The summed E-state index contributed by atoms with van der Waals surface area (Å²) < 4.78 is 63.7. The van der Waals surface area contributed by atoms with Crippen LogP contribution in [-0.2, 0) is 16.5 Å². The quantitative estimate of drug-likeness (QED) is 0.361. The lowest BCUT2D eigenvalue weighted by atomic mass is 10.1. The second-order valence-corrected chi connectivity index (χ2v) is 6.02. The number of rotatable bonds is 5. The number of halogens is 3. The van der Waals surface area contributed by atoms with Crippen LogP contribution in [0.4, 0.5) is 13.2 Å². The van der Waals surface area contributed by atoms with Crippen molar-refractivity contribution in [3.63, 3.8) is 0 Å². The van der Waals surface area contributed by atoms with Crippen molar-refractivity contribution in [3.05, 3.63) is 23.8 Å². The minimum Gasteiger partial charge on any atom is -0.375 e. The Kier molecular flexibility index (Phi) is 5.36. The topological polar surface area (TPSA) is 43.4 Å². The second kappa shape index (κ2) is 6.41. The first-order valence-corrected chi connectivity index (χ1v) is 7.96. The molecule has 0 bridgehead atoms. The van der Waals surface area contributed by atoms with Crippen molar-refractivity contribution >= 4 is 21.9 Å². The molecule has 3 nitrogen and oxygen atoms in total. The summed E-state index contributed by atoms with van der Waals surface area (Å²) in [5.74, 6) is 2.03. The van der Waals surface area contributed by atoms with Crippen molar-refractivity contribution in [1.82, 2.24) is 0 Å². The minimum absolute atomic E-state index is 0.230. The highest BCUT2D eigenvalue weighted by molar-refractivity contribution is 7.98. The predicted octanol–water partition coefficient (Wildman–Crippen LogP) is 3.20. The number of benzene rings is 1. The summed E-state index contributed by atoms with van der Waals surface area (Å²) in [6, 6.07) is 4.56. The SMILES string of the molecule is C#CCCc1cccc(SC)c1OS(=O)(=O)C(F)(F)F. The number of para-hydroxylation sites is 1. The Morgan fingerprint density at radius 1 is 1.40 bits per heavy atom. The number of hydrogen-bond donors (Lipinski definition) is 0. The van der Waals surface area contributed by atoms with Gasteiger partial charge in [-0.05, 0) is 24.3 Å². The van der Waals surface area contributed by atoms with Crippen molar-refractivity contribution < 1.29 is 25.8 Å². The molecule has 0 atom stereocenters. The summed E-state index contributed by atoms with van der Waals surface area (Å²) in [6.07, 6.45) is 7.20. The average molecular weight is 324 g/mol. The van der Waals surface area contributed by atoms with Crippen LogP contribution in [0, 0.1) is 12.3 Å². The van der Waals surface area contributed by atoms with E-state index in [1.54, 1.807) is 12.3 Å². The van der Waals surface area contributed by atoms with Crippen molar-refractivity contribution in [2.24, 2.45) is 0 Å². The lowest BCUT2D eigenvalue weighted by Gasteiger charge is -2.15. The molecule has 0 N–H and O–H groups in total. The molecule has 0 saturated carbocycles. The van der Waals surface area contributed by atoms with E-state index >= 15 is 0 Å². The van der Waals surface area contributed by atoms with Crippen LogP contribution in [0.3, 0.4) is 0 Å². The highest BCUT2D eigenvalue weighted by Crippen LogP contribution is 2.36. The second-order valence-electron chi connectivity index (χ2n) is 3.64. The van der Waals surface area contributed by atoms with Gasteiger partial charge in [0.2, 0.25) is 0 Å². The third kappa shape index (κ3) is 3.84. The largest absolute Gasteiger partial charge is 0.534 e. The van der Waals surface area contributed by atoms with Crippen LogP contribution in [0.2, 0.25) is 0 Å². The molecule has 0 aliphatic carbocycles. The first-order chi connectivity index (χ1) is 9.23. The molecule has 1 rings (SSSR count). The van der Waals surface area contributed by atoms with Gasteiger partial charge in [-0.3, -0.25) is 0 Å². The van der Waals surface area contributed by atoms with Crippen molar-refractivity contribution in [2.75, 3.05) is 6.26 Å². The molecule has 1 aromatic carbocycles. The average Bonchev–Trinajstić information content (AvgIpc) is 2.35. The Balaban J connectivity index is 3.25. The predicted molar refractivity (Wildman–Crippen MR) is 71.0 cm³/mol. The van der Waals surface area contributed by atoms with Crippen LogP contribution in [0.25, 0.3) is 0 Å². The maximum atomic E-state index is 12.4. The molecule has 0 spiro atoms. The van der Waals surface area contributed by atoms with Gasteiger partial charge in [0.1, 0.15) is 0 Å². The highest BCUT2D eigenvalue weighted by Gasteiger charge is 2.49. The van der Waals surface area contributed by atoms with E-state index in [2.05, 4.69) is 10.1 Å². The van der Waals surface area contributed by atoms with Crippen LogP contribution in [-0.4, -0.2) is 20.2 Å². The zero-order valence-electron chi connectivity index (χ0n) is 10.4. The first-order valence-electron chi connectivity index (χ1n) is 5.33. The van der Waals surface area contributed by atoms with Crippen LogP contribution < -0.4 is 4.18 Å². The summed E-state index contributed by atoms with van der Waals surface area (Å²) in [5.41, 5.74) is -5.15. The van der Waals surface area contributed by atoms with Gasteiger partial charge >= 0.3 is 15.6 Å². The smallest absolute Gasteiger partial charge is 0.375 e. The minimum atomic E-state index is -5.70. The number of hydrogen-bond acceptors (Lipinski definition) is 4. The number of alkyl halides is 3. The lowest BCUT2D eigenvalue weighted by Crippen LogP contribution is -2.28. The summed E-state index contributed by atoms with van der Waals surface area (Å²) in [7, 11) is -5.70. The molecule has 1 aromatic rings. The Morgan fingerprint density at radius 3 is 2.55 bits per heavy atom. The molecule has 0 unspecified atom stereocenters. The van der Waals surface area contributed by atoms with Gasteiger partial charge in [-0.25, -0.2) is 0 Å². The fourth-order valence-electron chi connectivity index (χ4n) is 1.38. The number of thioether (sulfide) groups is 1. The monoisotopic (exact) mass is 324 g/mol. The van der Waals surface area contributed by atoms with E-state index in [1.807, 2.05) is 0 Å². The van der Waals surface area contributed by atoms with Gasteiger partial charge in [-0.15, -0.1) is 24.1 Å². The molecule has 0 aromatic heterocycles. The Labute approximate surface area is 119 Å². The molecular formula is C12H11F3O3S2. The molecule has 8 heteroatoms. The molecule has 0 radical (unpaired) electrons. The van der Waals surface area contributed by atoms with E-state index in [0.29, 0.717) is 10.5 Å². The van der Waals surface area contributed by atoms with Crippen molar-refractivity contribution in [3.8, 4) is 18.1 Å². The van der Waals surface area contributed by atoms with Crippen LogP contribution in [0.5, 0.6) is 5.75 Å². The van der Waals surface area contributed by atoms with Crippen LogP contribution in [0.15, 0.2) is 23.1 Å². The Hall–Kier alpha value is -1.33. The van der Waals surface area contributed by atoms with E-state index in [1.165, 1.54) is 12.1 Å². The van der Waals surface area contributed by atoms with E-state index in [-0.39, 0.29) is 18.6 Å². The van der Waals surface area contributed by atoms with E-state index in [4.69, 9.17) is 6.42 Å². The van der Waals surface area contributed by atoms with Gasteiger partial charge in [0, 0.05) is 6.42 Å². The normalized spacial score (nSPS) is 11.9. The van der Waals surface area contributed by atoms with E-state index < -0.39 is 15.6 Å². The van der Waals surface area contributed by atoms with Gasteiger partial charge in [-0.1, -0.05) is 12.1 Å². The Bertz CT molecular complexity index is 616. The standard InChI is InChI=1S/C12H11F3O3S2/c1-3-4-6-9-7-5-8-10(19-2)11(9)18-20(16,17)12(13,14)15/h1,5,7-8H,4,6H2,2H3. The molecule has 0 aliphatic heterocycles. The van der Waals surface area contributed by atoms with Gasteiger partial charge in [0.15, 0.2) is 5.75 Å². The third-order valence-electron chi connectivity index (χ3n) is 2.30. The van der Waals surface area contributed by atoms with E-state index in [9.17, 15) is 21.6 Å². The summed E-state index contributed by atoms with van der Waals surface area (Å²) in [6.45, 7) is 0. The summed E-state index contributed by atoms with van der Waals surface area (Å²) in [5, 5.41) is 0. The summed E-state index contributed by atoms with van der Waals surface area (Å²) in [4.78, 5) is 0.298. The fourth-order valence-corrected chi connectivity index (χ4v) is 2.51. The van der Waals surface area contributed by atoms with Gasteiger partial charge in [0.05, 0.1) is 4.90 Å².